The Morgan fingerprint density at radius 1 is 1.50 bits per heavy atom. The molecule has 1 aliphatic rings. The molecule has 1 aliphatic heterocycles. The fraction of sp³-hybridized carbons (Fsp3) is 0.533. The number of carbonyl (C=O) groups excluding carboxylic acids is 1. The lowest BCUT2D eigenvalue weighted by Gasteiger charge is -2.35. The normalized spacial score (nSPS) is 23.4. The summed E-state index contributed by atoms with van der Waals surface area (Å²) in [5, 5.41) is 13.0. The standard InChI is InChI=1S/C15H22N2O3/c1-10-9-11(7-8-17(10)2)16-15(19)12-5-4-6-13(20-3)14(12)18/h4-6,10-11,18H,7-9H2,1-3H3,(H,16,19). The van der Waals surface area contributed by atoms with Crippen LogP contribution < -0.4 is 10.1 Å². The maximum absolute atomic E-state index is 12.2. The first-order valence-corrected chi connectivity index (χ1v) is 6.90. The number of phenols is 1. The maximum Gasteiger partial charge on any atom is 0.255 e. The highest BCUT2D eigenvalue weighted by molar-refractivity contribution is 5.97. The van der Waals surface area contributed by atoms with Gasteiger partial charge in [-0.15, -0.1) is 0 Å². The van der Waals surface area contributed by atoms with Crippen LogP contribution in [0.3, 0.4) is 0 Å². The number of likely N-dealkylation sites (tertiary alicyclic amines) is 1. The number of para-hydroxylation sites is 1. The number of aromatic hydroxyl groups is 1. The predicted octanol–water partition coefficient (Wildman–Crippen LogP) is 1.61. The summed E-state index contributed by atoms with van der Waals surface area (Å²) >= 11 is 0. The van der Waals surface area contributed by atoms with Crippen LogP contribution in [-0.4, -0.2) is 48.7 Å². The minimum absolute atomic E-state index is 0.103. The second-order valence-corrected chi connectivity index (χ2v) is 5.38. The number of hydrogen-bond donors (Lipinski definition) is 2. The monoisotopic (exact) mass is 278 g/mol. The SMILES string of the molecule is COc1cccc(C(=O)NC2CCN(C)C(C)C2)c1O. The van der Waals surface area contributed by atoms with Crippen molar-refractivity contribution in [3.8, 4) is 11.5 Å². The van der Waals surface area contributed by atoms with Crippen LogP contribution in [0.5, 0.6) is 11.5 Å². The van der Waals surface area contributed by atoms with Gasteiger partial charge in [0, 0.05) is 18.6 Å². The third-order valence-corrected chi connectivity index (χ3v) is 4.01. The number of ether oxygens (including phenoxy) is 1. The molecule has 110 valence electrons. The third kappa shape index (κ3) is 3.04. The van der Waals surface area contributed by atoms with Gasteiger partial charge in [-0.05, 0) is 38.9 Å². The molecule has 1 amide bonds. The van der Waals surface area contributed by atoms with Crippen LogP contribution in [-0.2, 0) is 0 Å². The van der Waals surface area contributed by atoms with Gasteiger partial charge in [-0.2, -0.15) is 0 Å². The van der Waals surface area contributed by atoms with Crippen molar-refractivity contribution in [3.63, 3.8) is 0 Å². The van der Waals surface area contributed by atoms with Gasteiger partial charge in [0.2, 0.25) is 0 Å². The van der Waals surface area contributed by atoms with E-state index in [0.29, 0.717) is 11.8 Å². The molecular formula is C15H22N2O3. The average Bonchev–Trinajstić information content (AvgIpc) is 2.43. The van der Waals surface area contributed by atoms with Crippen molar-refractivity contribution in [2.75, 3.05) is 20.7 Å². The van der Waals surface area contributed by atoms with Crippen molar-refractivity contribution >= 4 is 5.91 Å². The van der Waals surface area contributed by atoms with Crippen LogP contribution in [0.15, 0.2) is 18.2 Å². The molecule has 20 heavy (non-hydrogen) atoms. The summed E-state index contributed by atoms with van der Waals surface area (Å²) in [5.74, 6) is -0.0361. The molecule has 1 aromatic rings. The Balaban J connectivity index is 2.05. The van der Waals surface area contributed by atoms with E-state index < -0.39 is 0 Å². The smallest absolute Gasteiger partial charge is 0.255 e. The van der Waals surface area contributed by atoms with Crippen molar-refractivity contribution in [2.24, 2.45) is 0 Å². The Morgan fingerprint density at radius 2 is 2.25 bits per heavy atom. The number of amides is 1. The molecule has 0 radical (unpaired) electrons. The van der Waals surface area contributed by atoms with E-state index in [1.54, 1.807) is 18.2 Å². The Labute approximate surface area is 119 Å². The maximum atomic E-state index is 12.2. The van der Waals surface area contributed by atoms with E-state index >= 15 is 0 Å². The summed E-state index contributed by atoms with van der Waals surface area (Å²) < 4.78 is 5.02. The molecule has 1 aromatic carbocycles. The number of nitrogens with zero attached hydrogens (tertiary/aromatic N) is 1. The second-order valence-electron chi connectivity index (χ2n) is 5.38. The molecule has 0 bridgehead atoms. The van der Waals surface area contributed by atoms with Crippen molar-refractivity contribution in [2.45, 2.75) is 31.8 Å². The third-order valence-electron chi connectivity index (χ3n) is 4.01. The first-order chi connectivity index (χ1) is 9.52. The topological polar surface area (TPSA) is 61.8 Å². The van der Waals surface area contributed by atoms with Gasteiger partial charge in [-0.3, -0.25) is 4.79 Å². The second kappa shape index (κ2) is 6.13. The predicted molar refractivity (Wildman–Crippen MR) is 77.2 cm³/mol. The molecular weight excluding hydrogens is 256 g/mol. The Morgan fingerprint density at radius 3 is 2.90 bits per heavy atom. The van der Waals surface area contributed by atoms with E-state index in [2.05, 4.69) is 24.2 Å². The number of nitrogens with one attached hydrogen (secondary N) is 1. The zero-order valence-corrected chi connectivity index (χ0v) is 12.2. The van der Waals surface area contributed by atoms with Gasteiger partial charge in [0.05, 0.1) is 12.7 Å². The lowest BCUT2D eigenvalue weighted by Crippen LogP contribution is -2.47. The van der Waals surface area contributed by atoms with Crippen LogP contribution >= 0.6 is 0 Å². The van der Waals surface area contributed by atoms with Crippen LogP contribution in [0.4, 0.5) is 0 Å². The Hall–Kier alpha value is -1.75. The largest absolute Gasteiger partial charge is 0.504 e. The van der Waals surface area contributed by atoms with Gasteiger partial charge in [-0.25, -0.2) is 0 Å². The molecule has 0 saturated carbocycles. The minimum atomic E-state index is -0.247. The van der Waals surface area contributed by atoms with Gasteiger partial charge in [0.1, 0.15) is 0 Å². The number of methoxy groups -OCH3 is 1. The molecule has 2 unspecified atom stereocenters. The van der Waals surface area contributed by atoms with E-state index in [0.717, 1.165) is 19.4 Å². The molecule has 0 aliphatic carbocycles. The Kier molecular flexibility index (Phi) is 4.49. The van der Waals surface area contributed by atoms with Crippen LogP contribution in [0.2, 0.25) is 0 Å². The number of hydrogen-bond acceptors (Lipinski definition) is 4. The average molecular weight is 278 g/mol. The molecule has 5 nitrogen and oxygen atoms in total. The lowest BCUT2D eigenvalue weighted by molar-refractivity contribution is 0.0893. The zero-order valence-electron chi connectivity index (χ0n) is 12.2. The summed E-state index contributed by atoms with van der Waals surface area (Å²) in [6.45, 7) is 3.12. The highest BCUT2D eigenvalue weighted by atomic mass is 16.5. The summed E-state index contributed by atoms with van der Waals surface area (Å²) in [7, 11) is 3.56. The number of rotatable bonds is 3. The number of piperidine rings is 1. The summed E-state index contributed by atoms with van der Waals surface area (Å²) in [5.41, 5.74) is 0.260. The minimum Gasteiger partial charge on any atom is -0.504 e. The summed E-state index contributed by atoms with van der Waals surface area (Å²) in [6, 6.07) is 5.53. The number of carbonyl (C=O) groups is 1. The van der Waals surface area contributed by atoms with Gasteiger partial charge < -0.3 is 20.1 Å². The van der Waals surface area contributed by atoms with Gasteiger partial charge in [0.15, 0.2) is 11.5 Å². The first-order valence-electron chi connectivity index (χ1n) is 6.90. The molecule has 0 spiro atoms. The molecule has 1 fully saturated rings. The number of benzene rings is 1. The van der Waals surface area contributed by atoms with Crippen molar-refractivity contribution in [1.29, 1.82) is 0 Å². The Bertz CT molecular complexity index is 490. The lowest BCUT2D eigenvalue weighted by atomic mass is 9.98. The molecule has 0 aromatic heterocycles. The molecule has 5 heteroatoms. The quantitative estimate of drug-likeness (QED) is 0.882. The molecule has 2 N–H and O–H groups in total. The fourth-order valence-electron chi connectivity index (χ4n) is 2.55. The van der Waals surface area contributed by atoms with E-state index in [1.165, 1.54) is 7.11 Å². The van der Waals surface area contributed by atoms with Crippen LogP contribution in [0.1, 0.15) is 30.1 Å². The van der Waals surface area contributed by atoms with E-state index in [9.17, 15) is 9.90 Å². The highest BCUT2D eigenvalue weighted by Gasteiger charge is 2.25. The van der Waals surface area contributed by atoms with Gasteiger partial charge in [-0.1, -0.05) is 6.07 Å². The molecule has 2 rings (SSSR count). The van der Waals surface area contributed by atoms with Crippen molar-refractivity contribution in [3.05, 3.63) is 23.8 Å². The van der Waals surface area contributed by atoms with E-state index in [4.69, 9.17) is 4.74 Å². The van der Waals surface area contributed by atoms with Crippen molar-refractivity contribution in [1.82, 2.24) is 10.2 Å². The molecule has 1 heterocycles. The van der Waals surface area contributed by atoms with Crippen LogP contribution in [0, 0.1) is 0 Å². The summed E-state index contributed by atoms with van der Waals surface area (Å²) in [4.78, 5) is 14.5. The van der Waals surface area contributed by atoms with Gasteiger partial charge >= 0.3 is 0 Å². The van der Waals surface area contributed by atoms with Crippen LogP contribution in [0.25, 0.3) is 0 Å². The number of phenolic OH excluding ortho intramolecular Hbond substituents is 1. The van der Waals surface area contributed by atoms with E-state index in [1.807, 2.05) is 0 Å². The van der Waals surface area contributed by atoms with E-state index in [-0.39, 0.29) is 23.3 Å². The molecule has 2 atom stereocenters. The fourth-order valence-corrected chi connectivity index (χ4v) is 2.55. The zero-order chi connectivity index (χ0) is 14.7. The molecule has 1 saturated heterocycles. The summed E-state index contributed by atoms with van der Waals surface area (Å²) in [6.07, 6.45) is 1.85. The highest BCUT2D eigenvalue weighted by Crippen LogP contribution is 2.29. The van der Waals surface area contributed by atoms with Gasteiger partial charge in [0.25, 0.3) is 5.91 Å². The van der Waals surface area contributed by atoms with Crippen molar-refractivity contribution < 1.29 is 14.6 Å². The first kappa shape index (κ1) is 14.7.